The standard InChI is InChI=1S/C11H14FNO4S/c1-18(16,17)11-7(3-2-4-8(11)12)9(13)5-6-10(14)15/h2-4,9H,5-6,13H2,1H3,(H,14,15). The lowest BCUT2D eigenvalue weighted by Gasteiger charge is -2.15. The van der Waals surface area contributed by atoms with E-state index in [9.17, 15) is 17.6 Å². The fourth-order valence-corrected chi connectivity index (χ4v) is 2.71. The minimum atomic E-state index is -3.75. The molecule has 1 rings (SSSR count). The minimum absolute atomic E-state index is 0.0430. The number of nitrogens with two attached hydrogens (primary N) is 1. The Morgan fingerprint density at radius 3 is 2.61 bits per heavy atom. The number of halogens is 1. The third kappa shape index (κ3) is 3.51. The molecular weight excluding hydrogens is 261 g/mol. The second-order valence-corrected chi connectivity index (χ2v) is 5.92. The Morgan fingerprint density at radius 2 is 2.11 bits per heavy atom. The van der Waals surface area contributed by atoms with Gasteiger partial charge in [-0.3, -0.25) is 4.79 Å². The van der Waals surface area contributed by atoms with Gasteiger partial charge in [0.15, 0.2) is 9.84 Å². The third-order valence-corrected chi connectivity index (χ3v) is 3.61. The number of hydrogen-bond acceptors (Lipinski definition) is 4. The van der Waals surface area contributed by atoms with Gasteiger partial charge >= 0.3 is 5.97 Å². The van der Waals surface area contributed by atoms with Crippen molar-refractivity contribution in [2.75, 3.05) is 6.26 Å². The SMILES string of the molecule is CS(=O)(=O)c1c(F)cccc1C(N)CCC(=O)O. The van der Waals surface area contributed by atoms with Crippen LogP contribution >= 0.6 is 0 Å². The number of carbonyl (C=O) groups is 1. The van der Waals surface area contributed by atoms with Crippen LogP contribution in [0, 0.1) is 5.82 Å². The molecule has 0 fully saturated rings. The first-order valence-corrected chi connectivity index (χ1v) is 7.08. The third-order valence-electron chi connectivity index (χ3n) is 2.44. The van der Waals surface area contributed by atoms with Crippen molar-refractivity contribution in [3.8, 4) is 0 Å². The number of aliphatic carboxylic acids is 1. The normalized spacial score (nSPS) is 13.3. The van der Waals surface area contributed by atoms with Gasteiger partial charge in [0, 0.05) is 18.7 Å². The first-order valence-electron chi connectivity index (χ1n) is 5.19. The first-order chi connectivity index (χ1) is 8.23. The lowest BCUT2D eigenvalue weighted by molar-refractivity contribution is -0.137. The van der Waals surface area contributed by atoms with E-state index in [0.717, 1.165) is 12.3 Å². The van der Waals surface area contributed by atoms with Crippen LogP contribution in [0.25, 0.3) is 0 Å². The number of benzene rings is 1. The Bertz CT molecular complexity index is 556. The molecule has 100 valence electrons. The van der Waals surface area contributed by atoms with Gasteiger partial charge in [0.25, 0.3) is 0 Å². The summed E-state index contributed by atoms with van der Waals surface area (Å²) < 4.78 is 36.6. The van der Waals surface area contributed by atoms with E-state index in [1.807, 2.05) is 0 Å². The molecule has 18 heavy (non-hydrogen) atoms. The van der Waals surface area contributed by atoms with E-state index in [4.69, 9.17) is 10.8 Å². The van der Waals surface area contributed by atoms with E-state index in [-0.39, 0.29) is 18.4 Å². The van der Waals surface area contributed by atoms with Gasteiger partial charge in [0.2, 0.25) is 0 Å². The van der Waals surface area contributed by atoms with Crippen LogP contribution in [0.2, 0.25) is 0 Å². The van der Waals surface area contributed by atoms with E-state index in [0.29, 0.717) is 0 Å². The Hall–Kier alpha value is -1.47. The van der Waals surface area contributed by atoms with Gasteiger partial charge in [0.1, 0.15) is 10.7 Å². The Labute approximate surface area is 104 Å². The van der Waals surface area contributed by atoms with Crippen molar-refractivity contribution in [3.05, 3.63) is 29.6 Å². The Morgan fingerprint density at radius 1 is 1.50 bits per heavy atom. The maximum absolute atomic E-state index is 13.6. The van der Waals surface area contributed by atoms with Gasteiger partial charge in [-0.2, -0.15) is 0 Å². The molecule has 0 aliphatic rings. The van der Waals surface area contributed by atoms with Gasteiger partial charge < -0.3 is 10.8 Å². The lowest BCUT2D eigenvalue weighted by atomic mass is 10.0. The van der Waals surface area contributed by atoms with Crippen LogP contribution in [0.1, 0.15) is 24.4 Å². The monoisotopic (exact) mass is 275 g/mol. The fourth-order valence-electron chi connectivity index (χ4n) is 1.64. The summed E-state index contributed by atoms with van der Waals surface area (Å²) >= 11 is 0. The molecule has 7 heteroatoms. The summed E-state index contributed by atoms with van der Waals surface area (Å²) in [5, 5.41) is 8.55. The molecule has 0 aromatic heterocycles. The summed E-state index contributed by atoms with van der Waals surface area (Å²) in [5.74, 6) is -1.91. The fraction of sp³-hybridized carbons (Fsp3) is 0.364. The van der Waals surface area contributed by atoms with Gasteiger partial charge in [-0.25, -0.2) is 12.8 Å². The van der Waals surface area contributed by atoms with Crippen molar-refractivity contribution in [2.45, 2.75) is 23.8 Å². The molecule has 0 aliphatic heterocycles. The van der Waals surface area contributed by atoms with Crippen molar-refractivity contribution >= 4 is 15.8 Å². The van der Waals surface area contributed by atoms with Crippen LogP contribution < -0.4 is 5.73 Å². The molecule has 1 aromatic carbocycles. The lowest BCUT2D eigenvalue weighted by Crippen LogP contribution is -2.17. The van der Waals surface area contributed by atoms with Crippen molar-refractivity contribution in [1.82, 2.24) is 0 Å². The smallest absolute Gasteiger partial charge is 0.303 e. The topological polar surface area (TPSA) is 97.5 Å². The van der Waals surface area contributed by atoms with Crippen LogP contribution in [-0.2, 0) is 14.6 Å². The van der Waals surface area contributed by atoms with Crippen LogP contribution in [0.4, 0.5) is 4.39 Å². The molecule has 1 aromatic rings. The van der Waals surface area contributed by atoms with Crippen LogP contribution in [0.15, 0.2) is 23.1 Å². The first kappa shape index (κ1) is 14.6. The van der Waals surface area contributed by atoms with Crippen LogP contribution in [-0.4, -0.2) is 25.7 Å². The summed E-state index contributed by atoms with van der Waals surface area (Å²) in [6.45, 7) is 0. The summed E-state index contributed by atoms with van der Waals surface area (Å²) in [6, 6.07) is 2.94. The van der Waals surface area contributed by atoms with Gasteiger partial charge in [-0.1, -0.05) is 12.1 Å². The second-order valence-electron chi connectivity index (χ2n) is 3.97. The average molecular weight is 275 g/mol. The zero-order chi connectivity index (χ0) is 13.9. The highest BCUT2D eigenvalue weighted by Gasteiger charge is 2.22. The molecule has 1 unspecified atom stereocenters. The number of rotatable bonds is 5. The largest absolute Gasteiger partial charge is 0.481 e. The van der Waals surface area contributed by atoms with Crippen molar-refractivity contribution < 1.29 is 22.7 Å². The second kappa shape index (κ2) is 5.45. The van der Waals surface area contributed by atoms with E-state index < -0.39 is 32.6 Å². The molecular formula is C11H14FNO4S. The predicted molar refractivity (Wildman–Crippen MR) is 63.3 cm³/mol. The van der Waals surface area contributed by atoms with Crippen molar-refractivity contribution in [3.63, 3.8) is 0 Å². The molecule has 3 N–H and O–H groups in total. The minimum Gasteiger partial charge on any atom is -0.481 e. The van der Waals surface area contributed by atoms with Gasteiger partial charge in [0.05, 0.1) is 0 Å². The van der Waals surface area contributed by atoms with Gasteiger partial charge in [-0.05, 0) is 18.1 Å². The molecule has 0 radical (unpaired) electrons. The maximum Gasteiger partial charge on any atom is 0.303 e. The van der Waals surface area contributed by atoms with E-state index >= 15 is 0 Å². The van der Waals surface area contributed by atoms with E-state index in [1.165, 1.54) is 12.1 Å². The number of hydrogen-bond donors (Lipinski definition) is 2. The Balaban J connectivity index is 3.17. The molecule has 0 heterocycles. The number of carboxylic acid groups (broad SMARTS) is 1. The number of sulfone groups is 1. The molecule has 1 atom stereocenters. The van der Waals surface area contributed by atoms with Crippen LogP contribution in [0.5, 0.6) is 0 Å². The predicted octanol–water partition coefficient (Wildman–Crippen LogP) is 1.09. The number of carboxylic acids is 1. The summed E-state index contributed by atoms with van der Waals surface area (Å²) in [5.41, 5.74) is 5.83. The zero-order valence-electron chi connectivity index (χ0n) is 9.76. The highest BCUT2D eigenvalue weighted by molar-refractivity contribution is 7.90. The highest BCUT2D eigenvalue weighted by atomic mass is 32.2. The summed E-state index contributed by atoms with van der Waals surface area (Å²) in [7, 11) is -3.75. The van der Waals surface area contributed by atoms with Crippen LogP contribution in [0.3, 0.4) is 0 Å². The van der Waals surface area contributed by atoms with Gasteiger partial charge in [-0.15, -0.1) is 0 Å². The summed E-state index contributed by atoms with van der Waals surface area (Å²) in [4.78, 5) is 9.98. The zero-order valence-corrected chi connectivity index (χ0v) is 10.6. The highest BCUT2D eigenvalue weighted by Crippen LogP contribution is 2.26. The average Bonchev–Trinajstić information content (AvgIpc) is 2.23. The van der Waals surface area contributed by atoms with Crippen molar-refractivity contribution in [2.24, 2.45) is 5.73 Å². The molecule has 0 saturated carbocycles. The molecule has 0 bridgehead atoms. The van der Waals surface area contributed by atoms with E-state index in [1.54, 1.807) is 0 Å². The summed E-state index contributed by atoms with van der Waals surface area (Å²) in [6.07, 6.45) is 0.723. The van der Waals surface area contributed by atoms with Crippen molar-refractivity contribution in [1.29, 1.82) is 0 Å². The molecule has 0 spiro atoms. The molecule has 0 saturated heterocycles. The van der Waals surface area contributed by atoms with E-state index in [2.05, 4.69) is 0 Å². The maximum atomic E-state index is 13.6. The molecule has 0 amide bonds. The quantitative estimate of drug-likeness (QED) is 0.838. The molecule has 5 nitrogen and oxygen atoms in total. The molecule has 0 aliphatic carbocycles. The Kier molecular flexibility index (Phi) is 4.42.